The molecular weight excluding hydrogens is 282 g/mol. The van der Waals surface area contributed by atoms with Gasteiger partial charge >= 0.3 is 5.97 Å². The van der Waals surface area contributed by atoms with Gasteiger partial charge in [-0.3, -0.25) is 9.69 Å². The lowest BCUT2D eigenvalue weighted by Gasteiger charge is -2.25. The average Bonchev–Trinajstić information content (AvgIpc) is 2.86. The highest BCUT2D eigenvalue weighted by molar-refractivity contribution is 6.32. The van der Waals surface area contributed by atoms with Crippen molar-refractivity contribution in [1.29, 1.82) is 0 Å². The van der Waals surface area contributed by atoms with Crippen molar-refractivity contribution in [2.75, 3.05) is 20.4 Å². The van der Waals surface area contributed by atoms with Gasteiger partial charge in [0.25, 0.3) is 0 Å². The zero-order valence-corrected chi connectivity index (χ0v) is 12.6. The van der Waals surface area contributed by atoms with Gasteiger partial charge in [-0.2, -0.15) is 0 Å². The summed E-state index contributed by atoms with van der Waals surface area (Å²) in [6, 6.07) is 3.93. The lowest BCUT2D eigenvalue weighted by atomic mass is 10.1. The fraction of sp³-hybridized carbons (Fsp3) is 0.500. The number of nitrogens with zero attached hydrogens (tertiary/aromatic N) is 1. The molecule has 1 heterocycles. The highest BCUT2D eigenvalue weighted by Gasteiger charge is 2.20. The molecule has 1 aliphatic rings. The minimum absolute atomic E-state index is 0.189. The Bertz CT molecular complexity index is 504. The first-order chi connectivity index (χ1) is 9.51. The van der Waals surface area contributed by atoms with Crippen LogP contribution in [0.15, 0.2) is 12.1 Å². The number of halogens is 1. The molecule has 0 fully saturated rings. The van der Waals surface area contributed by atoms with Gasteiger partial charge in [-0.05, 0) is 31.5 Å². The maximum absolute atomic E-state index is 11.4. The van der Waals surface area contributed by atoms with Crippen LogP contribution < -0.4 is 9.47 Å². The van der Waals surface area contributed by atoms with Crippen molar-refractivity contribution in [2.24, 2.45) is 0 Å². The van der Waals surface area contributed by atoms with Crippen LogP contribution in [0.25, 0.3) is 0 Å². The molecule has 6 heteroatoms. The summed E-state index contributed by atoms with van der Waals surface area (Å²) in [6.07, 6.45) is 0. The van der Waals surface area contributed by atoms with Gasteiger partial charge < -0.3 is 14.2 Å². The van der Waals surface area contributed by atoms with Crippen molar-refractivity contribution in [2.45, 2.75) is 26.4 Å². The number of benzene rings is 1. The van der Waals surface area contributed by atoms with Crippen molar-refractivity contribution < 1.29 is 19.0 Å². The Balaban J connectivity index is 2.14. The molecule has 0 bridgehead atoms. The van der Waals surface area contributed by atoms with E-state index < -0.39 is 0 Å². The van der Waals surface area contributed by atoms with Gasteiger partial charge in [0.1, 0.15) is 0 Å². The van der Waals surface area contributed by atoms with Gasteiger partial charge in [0.05, 0.1) is 18.7 Å². The number of methoxy groups -OCH3 is 1. The number of esters is 1. The average molecular weight is 300 g/mol. The largest absolute Gasteiger partial charge is 0.468 e. The van der Waals surface area contributed by atoms with Gasteiger partial charge in [0.2, 0.25) is 6.79 Å². The second-order valence-electron chi connectivity index (χ2n) is 4.89. The van der Waals surface area contributed by atoms with E-state index in [1.807, 2.05) is 30.9 Å². The fourth-order valence-electron chi connectivity index (χ4n) is 2.00. The second kappa shape index (κ2) is 6.33. The van der Waals surface area contributed by atoms with Crippen molar-refractivity contribution in [3.8, 4) is 11.5 Å². The maximum Gasteiger partial charge on any atom is 0.319 e. The van der Waals surface area contributed by atoms with Crippen LogP contribution in [0.5, 0.6) is 11.5 Å². The smallest absolute Gasteiger partial charge is 0.319 e. The Kier molecular flexibility index (Phi) is 4.73. The van der Waals surface area contributed by atoms with E-state index in [1.54, 1.807) is 0 Å². The topological polar surface area (TPSA) is 48.0 Å². The predicted molar refractivity (Wildman–Crippen MR) is 75.1 cm³/mol. The van der Waals surface area contributed by atoms with Gasteiger partial charge in [0.15, 0.2) is 11.5 Å². The molecule has 20 heavy (non-hydrogen) atoms. The molecule has 0 atom stereocenters. The Labute approximate surface area is 123 Å². The van der Waals surface area contributed by atoms with Crippen LogP contribution in [0.1, 0.15) is 19.4 Å². The summed E-state index contributed by atoms with van der Waals surface area (Å²) in [7, 11) is 1.39. The number of hydrogen-bond acceptors (Lipinski definition) is 5. The molecule has 0 aliphatic carbocycles. The van der Waals surface area contributed by atoms with Crippen molar-refractivity contribution in [3.63, 3.8) is 0 Å². The van der Waals surface area contributed by atoms with Gasteiger partial charge in [0, 0.05) is 12.6 Å². The number of hydrogen-bond donors (Lipinski definition) is 0. The summed E-state index contributed by atoms with van der Waals surface area (Å²) < 4.78 is 15.3. The first-order valence-corrected chi connectivity index (χ1v) is 6.78. The van der Waals surface area contributed by atoms with Crippen LogP contribution in [0.4, 0.5) is 0 Å². The summed E-state index contributed by atoms with van der Waals surface area (Å²) in [5.41, 5.74) is 0.969. The Morgan fingerprint density at radius 1 is 1.45 bits per heavy atom. The van der Waals surface area contributed by atoms with E-state index in [2.05, 4.69) is 0 Å². The van der Waals surface area contributed by atoms with Crippen LogP contribution in [-0.4, -0.2) is 37.4 Å². The molecule has 0 amide bonds. The van der Waals surface area contributed by atoms with Crippen molar-refractivity contribution in [1.82, 2.24) is 4.90 Å². The van der Waals surface area contributed by atoms with E-state index in [-0.39, 0.29) is 25.3 Å². The lowest BCUT2D eigenvalue weighted by Crippen LogP contribution is -2.35. The molecule has 2 rings (SSSR count). The molecule has 1 aromatic rings. The van der Waals surface area contributed by atoms with Crippen LogP contribution in [0.3, 0.4) is 0 Å². The minimum atomic E-state index is -0.259. The van der Waals surface area contributed by atoms with Gasteiger partial charge in [-0.25, -0.2) is 0 Å². The number of carbonyl (C=O) groups is 1. The van der Waals surface area contributed by atoms with E-state index in [0.29, 0.717) is 23.1 Å². The molecule has 0 unspecified atom stereocenters. The third kappa shape index (κ3) is 3.35. The quantitative estimate of drug-likeness (QED) is 0.782. The van der Waals surface area contributed by atoms with Crippen LogP contribution in [0, 0.1) is 0 Å². The first kappa shape index (κ1) is 14.9. The summed E-state index contributed by atoms with van der Waals surface area (Å²) in [6.45, 7) is 5.06. The maximum atomic E-state index is 11.4. The summed E-state index contributed by atoms with van der Waals surface area (Å²) in [4.78, 5) is 13.4. The zero-order valence-electron chi connectivity index (χ0n) is 11.8. The van der Waals surface area contributed by atoms with Crippen LogP contribution in [-0.2, 0) is 16.1 Å². The van der Waals surface area contributed by atoms with Crippen molar-refractivity contribution in [3.05, 3.63) is 22.7 Å². The molecule has 0 saturated carbocycles. The minimum Gasteiger partial charge on any atom is -0.468 e. The third-order valence-electron chi connectivity index (χ3n) is 3.16. The standard InChI is InChI=1S/C14H18ClNO4/c1-9(2)16(7-13(17)18-3)6-10-4-11(15)14-12(5-10)19-8-20-14/h4-5,9H,6-8H2,1-3H3. The molecular formula is C14H18ClNO4. The normalized spacial score (nSPS) is 13.1. The first-order valence-electron chi connectivity index (χ1n) is 6.40. The SMILES string of the molecule is COC(=O)CN(Cc1cc(Cl)c2c(c1)OCO2)C(C)C. The predicted octanol–water partition coefficient (Wildman–Crippen LogP) is 2.45. The van der Waals surface area contributed by atoms with Gasteiger partial charge in [-0.15, -0.1) is 0 Å². The molecule has 0 N–H and O–H groups in total. The molecule has 5 nitrogen and oxygen atoms in total. The summed E-state index contributed by atoms with van der Waals surface area (Å²) in [5, 5.41) is 0.525. The van der Waals surface area contributed by atoms with Crippen molar-refractivity contribution >= 4 is 17.6 Å². The molecule has 110 valence electrons. The second-order valence-corrected chi connectivity index (χ2v) is 5.29. The van der Waals surface area contributed by atoms with E-state index in [9.17, 15) is 4.79 Å². The molecule has 0 saturated heterocycles. The summed E-state index contributed by atoms with van der Waals surface area (Å²) in [5.74, 6) is 0.972. The number of carbonyl (C=O) groups excluding carboxylic acids is 1. The molecule has 1 aromatic carbocycles. The Hall–Kier alpha value is -1.46. The monoisotopic (exact) mass is 299 g/mol. The Morgan fingerprint density at radius 2 is 2.20 bits per heavy atom. The number of rotatable bonds is 5. The van der Waals surface area contributed by atoms with E-state index in [4.69, 9.17) is 25.8 Å². The highest BCUT2D eigenvalue weighted by Crippen LogP contribution is 2.40. The molecule has 1 aliphatic heterocycles. The van der Waals surface area contributed by atoms with Crippen LogP contribution in [0.2, 0.25) is 5.02 Å². The summed E-state index contributed by atoms with van der Waals surface area (Å²) >= 11 is 6.16. The Morgan fingerprint density at radius 3 is 2.85 bits per heavy atom. The number of fused-ring (bicyclic) bond motifs is 1. The zero-order chi connectivity index (χ0) is 14.7. The van der Waals surface area contributed by atoms with E-state index >= 15 is 0 Å². The lowest BCUT2D eigenvalue weighted by molar-refractivity contribution is -0.142. The number of ether oxygens (including phenoxy) is 3. The van der Waals surface area contributed by atoms with Gasteiger partial charge in [-0.1, -0.05) is 11.6 Å². The van der Waals surface area contributed by atoms with Crippen LogP contribution >= 0.6 is 11.6 Å². The van der Waals surface area contributed by atoms with E-state index in [0.717, 1.165) is 5.56 Å². The van der Waals surface area contributed by atoms with E-state index in [1.165, 1.54) is 7.11 Å². The molecule has 0 aromatic heterocycles. The highest BCUT2D eigenvalue weighted by atomic mass is 35.5. The molecule has 0 radical (unpaired) electrons. The fourth-order valence-corrected chi connectivity index (χ4v) is 2.29. The molecule has 0 spiro atoms. The third-order valence-corrected chi connectivity index (χ3v) is 3.44.